The van der Waals surface area contributed by atoms with Gasteiger partial charge in [0.15, 0.2) is 0 Å². The van der Waals surface area contributed by atoms with E-state index in [1.165, 1.54) is 5.56 Å². The van der Waals surface area contributed by atoms with Gasteiger partial charge in [0.1, 0.15) is 0 Å². The van der Waals surface area contributed by atoms with E-state index in [9.17, 15) is 4.79 Å². The minimum atomic E-state index is 0.158. The number of likely N-dealkylation sites (tertiary alicyclic amines) is 1. The monoisotopic (exact) mass is 310 g/mol. The third-order valence-electron chi connectivity index (χ3n) is 3.61. The number of carbonyl (C=O) groups is 1. The van der Waals surface area contributed by atoms with Gasteiger partial charge < -0.3 is 4.90 Å². The average Bonchev–Trinajstić information content (AvgIpc) is 2.79. The smallest absolute Gasteiger partial charge is 0.219 e. The van der Waals surface area contributed by atoms with Crippen molar-refractivity contribution in [2.24, 2.45) is 0 Å². The van der Waals surface area contributed by atoms with E-state index in [4.69, 9.17) is 0 Å². The minimum absolute atomic E-state index is 0.158. The van der Waals surface area contributed by atoms with Crippen molar-refractivity contribution in [2.75, 3.05) is 20.1 Å². The van der Waals surface area contributed by atoms with Crippen molar-refractivity contribution >= 4 is 21.8 Å². The van der Waals surface area contributed by atoms with Crippen molar-refractivity contribution in [3.63, 3.8) is 0 Å². The molecule has 0 N–H and O–H groups in total. The zero-order chi connectivity index (χ0) is 13.1. The predicted octanol–water partition coefficient (Wildman–Crippen LogP) is 2.50. The van der Waals surface area contributed by atoms with E-state index in [0.717, 1.165) is 30.5 Å². The molecule has 0 spiro atoms. The first kappa shape index (κ1) is 13.6. The van der Waals surface area contributed by atoms with Gasteiger partial charge in [0.05, 0.1) is 0 Å². The number of carbonyl (C=O) groups excluding carboxylic acids is 1. The topological polar surface area (TPSA) is 23.6 Å². The summed E-state index contributed by atoms with van der Waals surface area (Å²) in [6.45, 7) is 4.65. The summed E-state index contributed by atoms with van der Waals surface area (Å²) < 4.78 is 1.11. The summed E-state index contributed by atoms with van der Waals surface area (Å²) in [5, 5.41) is 0. The van der Waals surface area contributed by atoms with Crippen LogP contribution >= 0.6 is 15.9 Å². The van der Waals surface area contributed by atoms with Crippen molar-refractivity contribution < 1.29 is 4.79 Å². The number of hydrogen-bond acceptors (Lipinski definition) is 2. The van der Waals surface area contributed by atoms with Gasteiger partial charge in [-0.05, 0) is 24.1 Å². The molecule has 1 saturated heterocycles. The fourth-order valence-electron chi connectivity index (χ4n) is 2.38. The summed E-state index contributed by atoms with van der Waals surface area (Å²) in [7, 11) is 1.90. The van der Waals surface area contributed by atoms with E-state index in [1.54, 1.807) is 6.92 Å². The van der Waals surface area contributed by atoms with Gasteiger partial charge in [0.2, 0.25) is 5.91 Å². The third-order valence-corrected chi connectivity index (χ3v) is 4.14. The van der Waals surface area contributed by atoms with Crippen LogP contribution < -0.4 is 0 Å². The Morgan fingerprint density at radius 1 is 1.44 bits per heavy atom. The van der Waals surface area contributed by atoms with Crippen LogP contribution in [0.2, 0.25) is 0 Å². The molecule has 1 amide bonds. The van der Waals surface area contributed by atoms with E-state index >= 15 is 0 Å². The maximum absolute atomic E-state index is 11.3. The van der Waals surface area contributed by atoms with Crippen LogP contribution in [0.15, 0.2) is 28.7 Å². The van der Waals surface area contributed by atoms with E-state index in [0.29, 0.717) is 6.04 Å². The molecule has 1 heterocycles. The second kappa shape index (κ2) is 5.85. The fourth-order valence-corrected chi connectivity index (χ4v) is 2.64. The van der Waals surface area contributed by atoms with Gasteiger partial charge in [-0.2, -0.15) is 0 Å². The molecule has 0 radical (unpaired) electrons. The number of halogens is 1. The first-order valence-corrected chi connectivity index (χ1v) is 7.06. The van der Waals surface area contributed by atoms with Gasteiger partial charge in [0.25, 0.3) is 0 Å². The van der Waals surface area contributed by atoms with Gasteiger partial charge in [-0.15, -0.1) is 0 Å². The van der Waals surface area contributed by atoms with Crippen LogP contribution in [0.1, 0.15) is 18.9 Å². The van der Waals surface area contributed by atoms with E-state index in [2.05, 4.69) is 45.1 Å². The highest BCUT2D eigenvalue weighted by Crippen LogP contribution is 2.18. The summed E-state index contributed by atoms with van der Waals surface area (Å²) >= 11 is 3.44. The lowest BCUT2D eigenvalue weighted by atomic mass is 10.2. The standard InChI is InChI=1S/C14H19BrN2O/c1-11(18)16(2)14-7-8-17(10-14)9-12-3-5-13(15)6-4-12/h3-6,14H,7-10H2,1-2H3/t14-/m0/s1. The second-order valence-electron chi connectivity index (χ2n) is 4.93. The molecule has 0 saturated carbocycles. The van der Waals surface area contributed by atoms with Gasteiger partial charge in [0, 0.05) is 44.1 Å². The van der Waals surface area contributed by atoms with Gasteiger partial charge in [-0.3, -0.25) is 9.69 Å². The Hall–Kier alpha value is -0.870. The molecule has 1 aliphatic heterocycles. The van der Waals surface area contributed by atoms with Crippen LogP contribution in [-0.2, 0) is 11.3 Å². The van der Waals surface area contributed by atoms with Crippen molar-refractivity contribution in [1.82, 2.24) is 9.80 Å². The molecule has 98 valence electrons. The SMILES string of the molecule is CC(=O)N(C)[C@H]1CCN(Cc2ccc(Br)cc2)C1. The molecule has 1 aromatic carbocycles. The summed E-state index contributed by atoms with van der Waals surface area (Å²) in [5.41, 5.74) is 1.32. The first-order valence-electron chi connectivity index (χ1n) is 6.26. The fraction of sp³-hybridized carbons (Fsp3) is 0.500. The zero-order valence-electron chi connectivity index (χ0n) is 10.9. The Labute approximate surface area is 117 Å². The molecule has 0 bridgehead atoms. The maximum Gasteiger partial charge on any atom is 0.219 e. The molecule has 3 nitrogen and oxygen atoms in total. The number of hydrogen-bond donors (Lipinski definition) is 0. The predicted molar refractivity (Wildman–Crippen MR) is 76.3 cm³/mol. The number of amides is 1. The Morgan fingerprint density at radius 2 is 2.11 bits per heavy atom. The van der Waals surface area contributed by atoms with Gasteiger partial charge >= 0.3 is 0 Å². The van der Waals surface area contributed by atoms with Crippen molar-refractivity contribution in [1.29, 1.82) is 0 Å². The molecule has 1 fully saturated rings. The highest BCUT2D eigenvalue weighted by Gasteiger charge is 2.26. The average molecular weight is 311 g/mol. The second-order valence-corrected chi connectivity index (χ2v) is 5.85. The molecular formula is C14H19BrN2O. The van der Waals surface area contributed by atoms with E-state index in [-0.39, 0.29) is 5.91 Å². The Balaban J connectivity index is 1.89. The molecule has 1 aliphatic rings. The summed E-state index contributed by atoms with van der Waals surface area (Å²) in [6, 6.07) is 8.81. The lowest BCUT2D eigenvalue weighted by Crippen LogP contribution is -2.37. The maximum atomic E-state index is 11.3. The Bertz CT molecular complexity index is 418. The molecule has 18 heavy (non-hydrogen) atoms. The largest absolute Gasteiger partial charge is 0.342 e. The minimum Gasteiger partial charge on any atom is -0.342 e. The molecule has 4 heteroatoms. The number of rotatable bonds is 3. The lowest BCUT2D eigenvalue weighted by Gasteiger charge is -2.23. The van der Waals surface area contributed by atoms with Crippen molar-refractivity contribution in [3.05, 3.63) is 34.3 Å². The van der Waals surface area contributed by atoms with Crippen LogP contribution in [0.3, 0.4) is 0 Å². The highest BCUT2D eigenvalue weighted by molar-refractivity contribution is 9.10. The Kier molecular flexibility index (Phi) is 4.40. The molecule has 0 aliphatic carbocycles. The molecule has 0 aromatic heterocycles. The highest BCUT2D eigenvalue weighted by atomic mass is 79.9. The van der Waals surface area contributed by atoms with Crippen molar-refractivity contribution in [3.8, 4) is 0 Å². The van der Waals surface area contributed by atoms with E-state index < -0.39 is 0 Å². The molecule has 0 unspecified atom stereocenters. The molecule has 1 atom stereocenters. The first-order chi connectivity index (χ1) is 8.56. The van der Waals surface area contributed by atoms with Crippen LogP contribution in [-0.4, -0.2) is 41.9 Å². The summed E-state index contributed by atoms with van der Waals surface area (Å²) in [4.78, 5) is 15.6. The number of benzene rings is 1. The van der Waals surface area contributed by atoms with Crippen LogP contribution in [0.25, 0.3) is 0 Å². The lowest BCUT2D eigenvalue weighted by molar-refractivity contribution is -0.129. The van der Waals surface area contributed by atoms with Crippen LogP contribution in [0.5, 0.6) is 0 Å². The molecule has 1 aromatic rings. The quantitative estimate of drug-likeness (QED) is 0.856. The molecular weight excluding hydrogens is 292 g/mol. The van der Waals surface area contributed by atoms with E-state index in [1.807, 2.05) is 11.9 Å². The number of nitrogens with zero attached hydrogens (tertiary/aromatic N) is 2. The van der Waals surface area contributed by atoms with Crippen molar-refractivity contribution in [2.45, 2.75) is 25.9 Å². The van der Waals surface area contributed by atoms with Gasteiger partial charge in [-0.25, -0.2) is 0 Å². The normalized spacial score (nSPS) is 20.1. The summed E-state index contributed by atoms with van der Waals surface area (Å²) in [5.74, 6) is 0.158. The van der Waals surface area contributed by atoms with Gasteiger partial charge in [-0.1, -0.05) is 28.1 Å². The molecule has 2 rings (SSSR count). The van der Waals surface area contributed by atoms with Crippen LogP contribution in [0.4, 0.5) is 0 Å². The summed E-state index contributed by atoms with van der Waals surface area (Å²) in [6.07, 6.45) is 1.08. The number of likely N-dealkylation sites (N-methyl/N-ethyl adjacent to an activating group) is 1. The van der Waals surface area contributed by atoms with Crippen LogP contribution in [0, 0.1) is 0 Å². The Morgan fingerprint density at radius 3 is 2.72 bits per heavy atom. The third kappa shape index (κ3) is 3.33. The zero-order valence-corrected chi connectivity index (χ0v) is 12.5.